The Morgan fingerprint density at radius 1 is 1.26 bits per heavy atom. The molecule has 0 radical (unpaired) electrons. The SMILES string of the molecule is Cl.Cl.NCCCNc1ncnc2[nH]c3ccc(C(N)=O)cc3c12. The molecule has 0 saturated carbocycles. The molecule has 1 aromatic carbocycles. The Balaban J connectivity index is 0.00000132. The number of benzene rings is 1. The first kappa shape index (κ1) is 19.0. The number of rotatable bonds is 5. The van der Waals surface area contributed by atoms with Crippen LogP contribution >= 0.6 is 24.8 Å². The zero-order valence-electron chi connectivity index (χ0n) is 12.2. The Morgan fingerprint density at radius 2 is 2.04 bits per heavy atom. The van der Waals surface area contributed by atoms with Crippen LogP contribution in [-0.2, 0) is 0 Å². The van der Waals surface area contributed by atoms with Gasteiger partial charge >= 0.3 is 0 Å². The van der Waals surface area contributed by atoms with E-state index in [2.05, 4.69) is 20.3 Å². The average Bonchev–Trinajstić information content (AvgIpc) is 2.85. The molecule has 0 aliphatic carbocycles. The number of aromatic nitrogens is 3. The van der Waals surface area contributed by atoms with Crippen LogP contribution < -0.4 is 16.8 Å². The van der Waals surface area contributed by atoms with Gasteiger partial charge in [0.2, 0.25) is 5.91 Å². The normalized spacial score (nSPS) is 10.1. The van der Waals surface area contributed by atoms with E-state index in [1.54, 1.807) is 12.1 Å². The Morgan fingerprint density at radius 3 is 2.74 bits per heavy atom. The fraction of sp³-hybridized carbons (Fsp3) is 0.214. The third-order valence-corrected chi connectivity index (χ3v) is 3.35. The molecule has 124 valence electrons. The predicted octanol–water partition coefficient (Wildman–Crippen LogP) is 1.81. The molecular weight excluding hydrogens is 339 g/mol. The molecule has 9 heteroatoms. The Kier molecular flexibility index (Phi) is 6.56. The quantitative estimate of drug-likeness (QED) is 0.519. The summed E-state index contributed by atoms with van der Waals surface area (Å²) in [6.45, 7) is 1.34. The lowest BCUT2D eigenvalue weighted by atomic mass is 10.1. The minimum Gasteiger partial charge on any atom is -0.369 e. The maximum atomic E-state index is 11.3. The van der Waals surface area contributed by atoms with E-state index in [1.165, 1.54) is 6.33 Å². The number of fused-ring (bicyclic) bond motifs is 3. The van der Waals surface area contributed by atoms with Crippen LogP contribution in [0.15, 0.2) is 24.5 Å². The maximum absolute atomic E-state index is 11.3. The molecular formula is C14H18Cl2N6O. The first-order chi connectivity index (χ1) is 10.2. The number of aromatic amines is 1. The Labute approximate surface area is 145 Å². The molecule has 6 N–H and O–H groups in total. The van der Waals surface area contributed by atoms with Gasteiger partial charge in [0, 0.05) is 23.0 Å². The molecule has 3 aromatic rings. The van der Waals surface area contributed by atoms with Gasteiger partial charge in [-0.15, -0.1) is 24.8 Å². The van der Waals surface area contributed by atoms with E-state index in [0.29, 0.717) is 12.1 Å². The minimum absolute atomic E-state index is 0. The summed E-state index contributed by atoms with van der Waals surface area (Å²) in [7, 11) is 0. The average molecular weight is 357 g/mol. The maximum Gasteiger partial charge on any atom is 0.248 e. The van der Waals surface area contributed by atoms with Crippen LogP contribution in [0.25, 0.3) is 21.9 Å². The number of nitrogens with two attached hydrogens (primary N) is 2. The standard InChI is InChI=1S/C14H16N6O.2ClH/c15-4-1-5-17-13-11-9-6-8(12(16)21)2-3-10(9)20-14(11)19-7-18-13;;/h2-3,6-7H,1,4-5,15H2,(H2,16,21)(H2,17,18,19,20);2*1H. The van der Waals surface area contributed by atoms with E-state index in [4.69, 9.17) is 11.5 Å². The zero-order valence-corrected chi connectivity index (χ0v) is 13.8. The minimum atomic E-state index is -0.458. The summed E-state index contributed by atoms with van der Waals surface area (Å²) >= 11 is 0. The van der Waals surface area contributed by atoms with E-state index in [0.717, 1.165) is 40.7 Å². The first-order valence-electron chi connectivity index (χ1n) is 6.71. The molecule has 2 aromatic heterocycles. The number of H-pyrrole nitrogens is 1. The zero-order chi connectivity index (χ0) is 14.8. The number of amides is 1. The summed E-state index contributed by atoms with van der Waals surface area (Å²) in [4.78, 5) is 23.1. The van der Waals surface area contributed by atoms with E-state index in [9.17, 15) is 4.79 Å². The molecule has 0 fully saturated rings. The number of halogens is 2. The number of primary amides is 1. The van der Waals surface area contributed by atoms with Crippen molar-refractivity contribution < 1.29 is 4.79 Å². The van der Waals surface area contributed by atoms with Crippen molar-refractivity contribution in [1.29, 1.82) is 0 Å². The van der Waals surface area contributed by atoms with Gasteiger partial charge in [0.15, 0.2) is 0 Å². The topological polar surface area (TPSA) is 123 Å². The molecule has 23 heavy (non-hydrogen) atoms. The molecule has 0 spiro atoms. The molecule has 7 nitrogen and oxygen atoms in total. The second-order valence-corrected chi connectivity index (χ2v) is 4.76. The molecule has 1 amide bonds. The molecule has 3 rings (SSSR count). The number of carbonyl (C=O) groups excluding carboxylic acids is 1. The van der Waals surface area contributed by atoms with Crippen LogP contribution in [0.5, 0.6) is 0 Å². The van der Waals surface area contributed by atoms with Crippen molar-refractivity contribution >= 4 is 58.5 Å². The summed E-state index contributed by atoms with van der Waals surface area (Å²) in [6, 6.07) is 5.27. The van der Waals surface area contributed by atoms with E-state index in [1.807, 2.05) is 6.07 Å². The lowest BCUT2D eigenvalue weighted by molar-refractivity contribution is 0.100. The predicted molar refractivity (Wildman–Crippen MR) is 96.6 cm³/mol. The van der Waals surface area contributed by atoms with Crippen molar-refractivity contribution in [2.75, 3.05) is 18.4 Å². The second kappa shape index (κ2) is 7.96. The third kappa shape index (κ3) is 3.64. The summed E-state index contributed by atoms with van der Waals surface area (Å²) in [5.74, 6) is 0.266. The smallest absolute Gasteiger partial charge is 0.248 e. The van der Waals surface area contributed by atoms with Crippen LogP contribution in [0.4, 0.5) is 5.82 Å². The summed E-state index contributed by atoms with van der Waals surface area (Å²) in [5, 5.41) is 4.97. The van der Waals surface area contributed by atoms with Crippen LogP contribution in [0, 0.1) is 0 Å². The van der Waals surface area contributed by atoms with E-state index in [-0.39, 0.29) is 24.8 Å². The van der Waals surface area contributed by atoms with Gasteiger partial charge in [0.1, 0.15) is 17.8 Å². The van der Waals surface area contributed by atoms with Crippen LogP contribution in [0.2, 0.25) is 0 Å². The van der Waals surface area contributed by atoms with Gasteiger partial charge in [-0.2, -0.15) is 0 Å². The van der Waals surface area contributed by atoms with Crippen LogP contribution in [0.1, 0.15) is 16.8 Å². The van der Waals surface area contributed by atoms with Gasteiger partial charge in [-0.1, -0.05) is 0 Å². The van der Waals surface area contributed by atoms with Gasteiger partial charge < -0.3 is 21.8 Å². The number of anilines is 1. The highest BCUT2D eigenvalue weighted by molar-refractivity contribution is 6.12. The molecule has 0 bridgehead atoms. The van der Waals surface area contributed by atoms with Crippen molar-refractivity contribution in [2.45, 2.75) is 6.42 Å². The van der Waals surface area contributed by atoms with Crippen LogP contribution in [0.3, 0.4) is 0 Å². The molecule has 2 heterocycles. The molecule has 0 atom stereocenters. The monoisotopic (exact) mass is 356 g/mol. The highest BCUT2D eigenvalue weighted by atomic mass is 35.5. The number of hydrogen-bond acceptors (Lipinski definition) is 5. The number of hydrogen-bond donors (Lipinski definition) is 4. The fourth-order valence-corrected chi connectivity index (χ4v) is 2.32. The third-order valence-electron chi connectivity index (χ3n) is 3.35. The molecule has 0 aliphatic heterocycles. The van der Waals surface area contributed by atoms with Gasteiger partial charge in [-0.3, -0.25) is 4.79 Å². The summed E-state index contributed by atoms with van der Waals surface area (Å²) in [6.07, 6.45) is 2.35. The number of carbonyl (C=O) groups is 1. The van der Waals surface area contributed by atoms with Crippen LogP contribution in [-0.4, -0.2) is 33.9 Å². The van der Waals surface area contributed by atoms with Crippen molar-refractivity contribution in [3.05, 3.63) is 30.1 Å². The van der Waals surface area contributed by atoms with Crippen molar-refractivity contribution in [2.24, 2.45) is 11.5 Å². The first-order valence-corrected chi connectivity index (χ1v) is 6.71. The summed E-state index contributed by atoms with van der Waals surface area (Å²) < 4.78 is 0. The molecule has 0 unspecified atom stereocenters. The number of nitrogens with one attached hydrogen (secondary N) is 2. The van der Waals surface area contributed by atoms with Gasteiger partial charge in [-0.25, -0.2) is 9.97 Å². The summed E-state index contributed by atoms with van der Waals surface area (Å²) in [5.41, 5.74) is 12.9. The molecule has 0 saturated heterocycles. The molecule has 0 aliphatic rings. The van der Waals surface area contributed by atoms with Crippen molar-refractivity contribution in [3.63, 3.8) is 0 Å². The fourth-order valence-electron chi connectivity index (χ4n) is 2.32. The highest BCUT2D eigenvalue weighted by Gasteiger charge is 2.12. The lowest BCUT2D eigenvalue weighted by Crippen LogP contribution is -2.10. The van der Waals surface area contributed by atoms with Crippen molar-refractivity contribution in [1.82, 2.24) is 15.0 Å². The van der Waals surface area contributed by atoms with Gasteiger partial charge in [0.25, 0.3) is 0 Å². The van der Waals surface area contributed by atoms with E-state index < -0.39 is 5.91 Å². The van der Waals surface area contributed by atoms with Gasteiger partial charge in [0.05, 0.1) is 5.39 Å². The second-order valence-electron chi connectivity index (χ2n) is 4.76. The van der Waals surface area contributed by atoms with Crippen molar-refractivity contribution in [3.8, 4) is 0 Å². The van der Waals surface area contributed by atoms with Gasteiger partial charge in [-0.05, 0) is 31.2 Å². The highest BCUT2D eigenvalue weighted by Crippen LogP contribution is 2.29. The Bertz CT molecular complexity index is 819. The number of nitrogens with zero attached hydrogens (tertiary/aromatic N) is 2. The Hall–Kier alpha value is -2.09. The lowest BCUT2D eigenvalue weighted by Gasteiger charge is -2.05. The largest absolute Gasteiger partial charge is 0.369 e. The van der Waals surface area contributed by atoms with E-state index >= 15 is 0 Å².